The van der Waals surface area contributed by atoms with Gasteiger partial charge in [-0.15, -0.1) is 0 Å². The van der Waals surface area contributed by atoms with E-state index in [2.05, 4.69) is 5.32 Å². The Labute approximate surface area is 75.5 Å². The Bertz CT molecular complexity index is 252. The molecular weight excluding hydrogens is 174 g/mol. The number of likely N-dealkylation sites (N-methyl/N-ethyl adjacent to an activating group) is 3. The van der Waals surface area contributed by atoms with Crippen LogP contribution in [-0.2, 0) is 9.59 Å². The normalized spacial score (nSPS) is 20.1. The predicted molar refractivity (Wildman–Crippen MR) is 43.8 cm³/mol. The molecule has 1 fully saturated rings. The SMILES string of the molecule is CNC1C(=O)N(C)C(=O)N(C)C1=O. The highest BCUT2D eigenvalue weighted by atomic mass is 16.2. The summed E-state index contributed by atoms with van der Waals surface area (Å²) in [4.78, 5) is 35.7. The molecule has 6 heteroatoms. The van der Waals surface area contributed by atoms with Crippen LogP contribution in [0.15, 0.2) is 0 Å². The lowest BCUT2D eigenvalue weighted by atomic mass is 10.2. The Morgan fingerprint density at radius 3 is 1.77 bits per heavy atom. The second-order valence-electron chi connectivity index (χ2n) is 2.80. The van der Waals surface area contributed by atoms with E-state index >= 15 is 0 Å². The van der Waals surface area contributed by atoms with E-state index in [0.717, 1.165) is 9.80 Å². The van der Waals surface area contributed by atoms with E-state index < -0.39 is 23.9 Å². The zero-order valence-electron chi connectivity index (χ0n) is 7.70. The summed E-state index contributed by atoms with van der Waals surface area (Å²) in [5, 5.41) is 2.55. The average Bonchev–Trinajstić information content (AvgIpc) is 2.13. The van der Waals surface area contributed by atoms with E-state index in [1.165, 1.54) is 21.1 Å². The first-order valence-electron chi connectivity index (χ1n) is 3.77. The van der Waals surface area contributed by atoms with Gasteiger partial charge in [0.1, 0.15) is 0 Å². The van der Waals surface area contributed by atoms with Crippen LogP contribution < -0.4 is 5.32 Å². The summed E-state index contributed by atoms with van der Waals surface area (Å²) < 4.78 is 0. The summed E-state index contributed by atoms with van der Waals surface area (Å²) in [7, 11) is 4.19. The van der Waals surface area contributed by atoms with Crippen LogP contribution in [0.2, 0.25) is 0 Å². The van der Waals surface area contributed by atoms with E-state index in [-0.39, 0.29) is 0 Å². The van der Waals surface area contributed by atoms with Gasteiger partial charge in [-0.3, -0.25) is 19.4 Å². The quantitative estimate of drug-likeness (QED) is 0.511. The standard InChI is InChI=1S/C7H11N3O3/c1-8-4-5(11)9(2)7(13)10(3)6(4)12/h4,8H,1-3H3. The topological polar surface area (TPSA) is 69.7 Å². The zero-order chi connectivity index (χ0) is 10.2. The largest absolute Gasteiger partial charge is 0.332 e. The fourth-order valence-corrected chi connectivity index (χ4v) is 1.15. The number of barbiturate groups is 1. The Balaban J connectivity index is 2.99. The van der Waals surface area contributed by atoms with Crippen molar-refractivity contribution in [2.45, 2.75) is 6.04 Å². The molecule has 13 heavy (non-hydrogen) atoms. The predicted octanol–water partition coefficient (Wildman–Crippen LogP) is -1.38. The van der Waals surface area contributed by atoms with Gasteiger partial charge in [-0.1, -0.05) is 0 Å². The highest BCUT2D eigenvalue weighted by Crippen LogP contribution is 2.08. The Kier molecular flexibility index (Phi) is 2.33. The molecule has 0 radical (unpaired) electrons. The second kappa shape index (κ2) is 3.14. The lowest BCUT2D eigenvalue weighted by Gasteiger charge is -2.32. The molecule has 0 atom stereocenters. The molecule has 1 N–H and O–H groups in total. The van der Waals surface area contributed by atoms with Crippen LogP contribution in [0.4, 0.5) is 4.79 Å². The minimum absolute atomic E-state index is 0.518. The molecular formula is C7H11N3O3. The van der Waals surface area contributed by atoms with Crippen LogP contribution >= 0.6 is 0 Å². The Morgan fingerprint density at radius 2 is 1.46 bits per heavy atom. The first-order chi connectivity index (χ1) is 6.00. The smallest absolute Gasteiger partial charge is 0.301 e. The number of rotatable bonds is 1. The van der Waals surface area contributed by atoms with Crippen molar-refractivity contribution in [3.8, 4) is 0 Å². The molecule has 0 aliphatic carbocycles. The maximum absolute atomic E-state index is 11.3. The lowest BCUT2D eigenvalue weighted by molar-refractivity contribution is -0.144. The molecule has 0 saturated carbocycles. The van der Waals surface area contributed by atoms with Crippen LogP contribution in [0.3, 0.4) is 0 Å². The Morgan fingerprint density at radius 1 is 1.08 bits per heavy atom. The van der Waals surface area contributed by atoms with Gasteiger partial charge in [0.15, 0.2) is 6.04 Å². The molecule has 0 spiro atoms. The number of hydrogen-bond donors (Lipinski definition) is 1. The van der Waals surface area contributed by atoms with Gasteiger partial charge in [0, 0.05) is 14.1 Å². The van der Waals surface area contributed by atoms with Gasteiger partial charge >= 0.3 is 6.03 Å². The minimum Gasteiger partial charge on any atom is -0.301 e. The summed E-state index contributed by atoms with van der Waals surface area (Å²) in [6, 6.07) is -1.53. The number of imide groups is 2. The van der Waals surface area contributed by atoms with E-state index in [9.17, 15) is 14.4 Å². The van der Waals surface area contributed by atoms with Gasteiger partial charge in [0.25, 0.3) is 11.8 Å². The van der Waals surface area contributed by atoms with Crippen LogP contribution in [0, 0.1) is 0 Å². The van der Waals surface area contributed by atoms with Gasteiger partial charge in [0.2, 0.25) is 0 Å². The van der Waals surface area contributed by atoms with Gasteiger partial charge in [-0.2, -0.15) is 0 Å². The third-order valence-electron chi connectivity index (χ3n) is 2.02. The number of nitrogens with one attached hydrogen (secondary N) is 1. The molecule has 1 saturated heterocycles. The Hall–Kier alpha value is -1.43. The molecule has 0 bridgehead atoms. The van der Waals surface area contributed by atoms with Crippen molar-refractivity contribution in [2.75, 3.05) is 21.1 Å². The van der Waals surface area contributed by atoms with E-state index in [1.54, 1.807) is 0 Å². The third-order valence-corrected chi connectivity index (χ3v) is 2.02. The number of nitrogens with zero attached hydrogens (tertiary/aromatic N) is 2. The molecule has 72 valence electrons. The molecule has 6 nitrogen and oxygen atoms in total. The molecule has 0 aromatic rings. The van der Waals surface area contributed by atoms with Crippen molar-refractivity contribution in [1.29, 1.82) is 0 Å². The summed E-state index contributed by atoms with van der Waals surface area (Å²) in [5.41, 5.74) is 0. The summed E-state index contributed by atoms with van der Waals surface area (Å²) in [5.74, 6) is -1.04. The lowest BCUT2D eigenvalue weighted by Crippen LogP contribution is -2.63. The summed E-state index contributed by atoms with van der Waals surface area (Å²) in [6.45, 7) is 0. The molecule has 1 aliphatic heterocycles. The fraction of sp³-hybridized carbons (Fsp3) is 0.571. The maximum atomic E-state index is 11.3. The van der Waals surface area contributed by atoms with E-state index in [4.69, 9.17) is 0 Å². The molecule has 0 unspecified atom stereocenters. The van der Waals surface area contributed by atoms with Crippen molar-refractivity contribution in [3.05, 3.63) is 0 Å². The van der Waals surface area contributed by atoms with E-state index in [1.807, 2.05) is 0 Å². The first kappa shape index (κ1) is 9.66. The number of carbonyl (C=O) groups is 3. The van der Waals surface area contributed by atoms with Crippen LogP contribution in [0.5, 0.6) is 0 Å². The second-order valence-corrected chi connectivity index (χ2v) is 2.80. The monoisotopic (exact) mass is 185 g/mol. The molecule has 0 aromatic carbocycles. The number of amides is 4. The van der Waals surface area contributed by atoms with Crippen molar-refractivity contribution >= 4 is 17.8 Å². The first-order valence-corrected chi connectivity index (χ1v) is 3.77. The number of urea groups is 1. The fourth-order valence-electron chi connectivity index (χ4n) is 1.15. The number of carbonyl (C=O) groups excluding carboxylic acids is 3. The zero-order valence-corrected chi connectivity index (χ0v) is 7.70. The molecule has 0 aromatic heterocycles. The average molecular weight is 185 g/mol. The highest BCUT2D eigenvalue weighted by Gasteiger charge is 2.41. The molecule has 1 heterocycles. The minimum atomic E-state index is -0.937. The summed E-state index contributed by atoms with van der Waals surface area (Å²) >= 11 is 0. The van der Waals surface area contributed by atoms with Crippen LogP contribution in [0.1, 0.15) is 0 Å². The van der Waals surface area contributed by atoms with Crippen molar-refractivity contribution in [1.82, 2.24) is 15.1 Å². The van der Waals surface area contributed by atoms with Crippen molar-refractivity contribution < 1.29 is 14.4 Å². The molecule has 4 amide bonds. The van der Waals surface area contributed by atoms with Crippen LogP contribution in [-0.4, -0.2) is 54.8 Å². The molecule has 1 aliphatic rings. The van der Waals surface area contributed by atoms with Gasteiger partial charge in [-0.05, 0) is 7.05 Å². The molecule has 1 rings (SSSR count). The summed E-state index contributed by atoms with van der Waals surface area (Å²) in [6.07, 6.45) is 0. The third kappa shape index (κ3) is 1.29. The van der Waals surface area contributed by atoms with Crippen LogP contribution in [0.25, 0.3) is 0 Å². The van der Waals surface area contributed by atoms with Gasteiger partial charge in [0.05, 0.1) is 0 Å². The number of hydrogen-bond acceptors (Lipinski definition) is 4. The van der Waals surface area contributed by atoms with E-state index in [0.29, 0.717) is 0 Å². The maximum Gasteiger partial charge on any atom is 0.332 e. The van der Waals surface area contributed by atoms with Gasteiger partial charge in [-0.25, -0.2) is 4.79 Å². The highest BCUT2D eigenvalue weighted by molar-refractivity contribution is 6.18. The van der Waals surface area contributed by atoms with Crippen molar-refractivity contribution in [3.63, 3.8) is 0 Å². The van der Waals surface area contributed by atoms with Gasteiger partial charge < -0.3 is 5.32 Å². The van der Waals surface area contributed by atoms with Crippen molar-refractivity contribution in [2.24, 2.45) is 0 Å².